The van der Waals surface area contributed by atoms with Gasteiger partial charge in [0.15, 0.2) is 0 Å². The summed E-state index contributed by atoms with van der Waals surface area (Å²) in [5, 5.41) is 0. The van der Waals surface area contributed by atoms with Crippen molar-refractivity contribution in [3.05, 3.63) is 12.7 Å². The van der Waals surface area contributed by atoms with Crippen molar-refractivity contribution in [2.45, 2.75) is 52.2 Å². The third-order valence-corrected chi connectivity index (χ3v) is 3.67. The summed E-state index contributed by atoms with van der Waals surface area (Å²) >= 11 is 0. The minimum Gasteiger partial charge on any atom is -0.468 e. The standard InChI is InChI=1S/C15H24O4/c1-7-11-8-15(10(2)16,13(17)18-6)9-12(11)19-14(3,4)5/h7,11-12H,1,8-9H2,2-6H3/t11-,12-,15?/m0/s1. The molecule has 3 atom stereocenters. The van der Waals surface area contributed by atoms with Crippen LogP contribution in [0.25, 0.3) is 0 Å². The van der Waals surface area contributed by atoms with Gasteiger partial charge in [-0.05, 0) is 40.5 Å². The molecule has 0 radical (unpaired) electrons. The highest BCUT2D eigenvalue weighted by molar-refractivity contribution is 6.03. The molecule has 0 spiro atoms. The van der Waals surface area contributed by atoms with Crippen molar-refractivity contribution in [1.82, 2.24) is 0 Å². The number of esters is 1. The monoisotopic (exact) mass is 268 g/mol. The van der Waals surface area contributed by atoms with Crippen molar-refractivity contribution >= 4 is 11.8 Å². The Morgan fingerprint density at radius 2 is 1.89 bits per heavy atom. The number of methoxy groups -OCH3 is 1. The quantitative estimate of drug-likeness (QED) is 0.446. The van der Waals surface area contributed by atoms with Crippen LogP contribution >= 0.6 is 0 Å². The second-order valence-corrected chi connectivity index (χ2v) is 6.21. The fourth-order valence-electron chi connectivity index (χ4n) is 2.72. The second kappa shape index (κ2) is 5.45. The highest BCUT2D eigenvalue weighted by Crippen LogP contribution is 2.46. The summed E-state index contributed by atoms with van der Waals surface area (Å²) in [6.07, 6.45) is 2.37. The first-order valence-electron chi connectivity index (χ1n) is 6.56. The Morgan fingerprint density at radius 1 is 1.32 bits per heavy atom. The smallest absolute Gasteiger partial charge is 0.319 e. The molecule has 4 heteroatoms. The largest absolute Gasteiger partial charge is 0.468 e. The van der Waals surface area contributed by atoms with Crippen LogP contribution in [0.5, 0.6) is 0 Å². The first-order valence-corrected chi connectivity index (χ1v) is 6.56. The topological polar surface area (TPSA) is 52.6 Å². The fraction of sp³-hybridized carbons (Fsp3) is 0.733. The van der Waals surface area contributed by atoms with Gasteiger partial charge >= 0.3 is 5.97 Å². The van der Waals surface area contributed by atoms with Gasteiger partial charge in [-0.15, -0.1) is 6.58 Å². The van der Waals surface area contributed by atoms with E-state index < -0.39 is 11.4 Å². The number of hydrogen-bond donors (Lipinski definition) is 0. The van der Waals surface area contributed by atoms with E-state index in [1.807, 2.05) is 20.8 Å². The lowest BCUT2D eigenvalue weighted by molar-refractivity contribution is -0.158. The Labute approximate surface area is 115 Å². The summed E-state index contributed by atoms with van der Waals surface area (Å²) < 4.78 is 10.8. The van der Waals surface area contributed by atoms with Gasteiger partial charge in [0, 0.05) is 5.92 Å². The van der Waals surface area contributed by atoms with Crippen molar-refractivity contribution in [2.24, 2.45) is 11.3 Å². The van der Waals surface area contributed by atoms with Gasteiger partial charge < -0.3 is 9.47 Å². The van der Waals surface area contributed by atoms with Gasteiger partial charge in [0.1, 0.15) is 11.2 Å². The predicted molar refractivity (Wildman–Crippen MR) is 72.7 cm³/mol. The number of carbonyl (C=O) groups excluding carboxylic acids is 2. The van der Waals surface area contributed by atoms with Gasteiger partial charge in [0.25, 0.3) is 0 Å². The molecule has 0 N–H and O–H groups in total. The van der Waals surface area contributed by atoms with Gasteiger partial charge in [0.2, 0.25) is 0 Å². The molecular formula is C15H24O4. The highest BCUT2D eigenvalue weighted by Gasteiger charge is 2.54. The molecule has 0 aromatic rings. The minimum atomic E-state index is -1.08. The zero-order valence-corrected chi connectivity index (χ0v) is 12.5. The van der Waals surface area contributed by atoms with E-state index in [9.17, 15) is 9.59 Å². The van der Waals surface area contributed by atoms with Crippen LogP contribution in [0, 0.1) is 11.3 Å². The van der Waals surface area contributed by atoms with Crippen molar-refractivity contribution in [3.63, 3.8) is 0 Å². The molecule has 19 heavy (non-hydrogen) atoms. The molecule has 1 saturated carbocycles. The molecule has 0 aromatic heterocycles. The Balaban J connectivity index is 3.04. The lowest BCUT2D eigenvalue weighted by Gasteiger charge is -2.28. The molecule has 1 aliphatic carbocycles. The molecule has 0 amide bonds. The van der Waals surface area contributed by atoms with Crippen LogP contribution in [0.3, 0.4) is 0 Å². The molecule has 1 unspecified atom stereocenters. The number of hydrogen-bond acceptors (Lipinski definition) is 4. The van der Waals surface area contributed by atoms with E-state index in [2.05, 4.69) is 6.58 Å². The van der Waals surface area contributed by atoms with E-state index in [1.54, 1.807) is 6.08 Å². The number of ketones is 1. The summed E-state index contributed by atoms with van der Waals surface area (Å²) in [5.74, 6) is -0.639. The van der Waals surface area contributed by atoms with Crippen LogP contribution in [-0.4, -0.2) is 30.6 Å². The number of Topliss-reactive ketones (excluding diaryl/α,β-unsaturated/α-hetero) is 1. The Kier molecular flexibility index (Phi) is 4.56. The van der Waals surface area contributed by atoms with Crippen LogP contribution in [0.4, 0.5) is 0 Å². The van der Waals surface area contributed by atoms with Gasteiger partial charge in [-0.1, -0.05) is 6.08 Å². The zero-order valence-electron chi connectivity index (χ0n) is 12.5. The Hall–Kier alpha value is -1.16. The SMILES string of the molecule is C=C[C@H]1CC(C(C)=O)(C(=O)OC)C[C@@H]1OC(C)(C)C. The zero-order chi connectivity index (χ0) is 14.8. The number of ether oxygens (including phenoxy) is 2. The summed E-state index contributed by atoms with van der Waals surface area (Å²) in [5.41, 5.74) is -1.40. The van der Waals surface area contributed by atoms with Gasteiger partial charge in [0.05, 0.1) is 18.8 Å². The molecule has 0 heterocycles. The van der Waals surface area contributed by atoms with Gasteiger partial charge in [-0.2, -0.15) is 0 Å². The van der Waals surface area contributed by atoms with Crippen LogP contribution in [-0.2, 0) is 19.1 Å². The van der Waals surface area contributed by atoms with Crippen molar-refractivity contribution in [2.75, 3.05) is 7.11 Å². The molecule has 0 saturated heterocycles. The van der Waals surface area contributed by atoms with E-state index in [0.29, 0.717) is 12.8 Å². The third kappa shape index (κ3) is 3.24. The highest BCUT2D eigenvalue weighted by atomic mass is 16.5. The summed E-state index contributed by atoms with van der Waals surface area (Å²) in [4.78, 5) is 24.0. The van der Waals surface area contributed by atoms with Crippen LogP contribution < -0.4 is 0 Å². The first-order chi connectivity index (χ1) is 8.66. The summed E-state index contributed by atoms with van der Waals surface area (Å²) in [6, 6.07) is 0. The predicted octanol–water partition coefficient (Wildman–Crippen LogP) is 2.51. The Morgan fingerprint density at radius 3 is 2.26 bits per heavy atom. The molecule has 0 aliphatic heterocycles. The Bertz CT molecular complexity index is 380. The number of rotatable bonds is 4. The fourth-order valence-corrected chi connectivity index (χ4v) is 2.72. The van der Waals surface area contributed by atoms with E-state index >= 15 is 0 Å². The van der Waals surface area contributed by atoms with Crippen LogP contribution in [0.1, 0.15) is 40.5 Å². The first kappa shape index (κ1) is 15.9. The number of carbonyl (C=O) groups is 2. The molecule has 4 nitrogen and oxygen atoms in total. The maximum Gasteiger partial charge on any atom is 0.319 e. The molecule has 0 aromatic carbocycles. The molecule has 0 bridgehead atoms. The van der Waals surface area contributed by atoms with Crippen LogP contribution in [0.15, 0.2) is 12.7 Å². The summed E-state index contributed by atoms with van der Waals surface area (Å²) in [7, 11) is 1.31. The minimum absolute atomic E-state index is 0.0118. The lowest BCUT2D eigenvalue weighted by atomic mass is 9.81. The lowest BCUT2D eigenvalue weighted by Crippen LogP contribution is -2.38. The van der Waals surface area contributed by atoms with Crippen LogP contribution in [0.2, 0.25) is 0 Å². The maximum absolute atomic E-state index is 12.0. The van der Waals surface area contributed by atoms with E-state index in [4.69, 9.17) is 9.47 Å². The van der Waals surface area contributed by atoms with E-state index in [0.717, 1.165) is 0 Å². The average molecular weight is 268 g/mol. The molecule has 108 valence electrons. The van der Waals surface area contributed by atoms with Crippen molar-refractivity contribution in [1.29, 1.82) is 0 Å². The molecular weight excluding hydrogens is 244 g/mol. The van der Waals surface area contributed by atoms with Gasteiger partial charge in [-0.25, -0.2) is 0 Å². The second-order valence-electron chi connectivity index (χ2n) is 6.21. The normalized spacial score (nSPS) is 31.0. The molecule has 1 fully saturated rings. The molecule has 1 aliphatic rings. The maximum atomic E-state index is 12.0. The van der Waals surface area contributed by atoms with E-state index in [-0.39, 0.29) is 23.4 Å². The summed E-state index contributed by atoms with van der Waals surface area (Å²) in [6.45, 7) is 11.1. The van der Waals surface area contributed by atoms with Gasteiger partial charge in [-0.3, -0.25) is 9.59 Å². The van der Waals surface area contributed by atoms with E-state index in [1.165, 1.54) is 14.0 Å². The van der Waals surface area contributed by atoms with Crippen molar-refractivity contribution < 1.29 is 19.1 Å². The third-order valence-electron chi connectivity index (χ3n) is 3.67. The molecule has 1 rings (SSSR count). The average Bonchev–Trinajstić information content (AvgIpc) is 2.65. The van der Waals surface area contributed by atoms with Crippen molar-refractivity contribution in [3.8, 4) is 0 Å².